The van der Waals surface area contributed by atoms with Crippen molar-refractivity contribution in [2.24, 2.45) is 0 Å². The average molecular weight is 345 g/mol. The Labute approximate surface area is 156 Å². The Morgan fingerprint density at radius 3 is 2.50 bits per heavy atom. The first-order chi connectivity index (χ1) is 12.5. The monoisotopic (exact) mass is 345 g/mol. The number of aryl methyl sites for hydroxylation is 3. The van der Waals surface area contributed by atoms with Crippen LogP contribution in [0.15, 0.2) is 36.4 Å². The van der Waals surface area contributed by atoms with Crippen LogP contribution in [-0.4, -0.2) is 16.3 Å². The summed E-state index contributed by atoms with van der Waals surface area (Å²) in [5, 5.41) is 8.77. The molecule has 26 heavy (non-hydrogen) atoms. The minimum atomic E-state index is 1.01. The molecule has 1 aliphatic heterocycles. The Hall–Kier alpha value is -2.55. The first-order valence-electron chi connectivity index (χ1n) is 9.55. The minimum absolute atomic E-state index is 1.01. The highest BCUT2D eigenvalue weighted by Gasteiger charge is 2.22. The topological polar surface area (TPSA) is 29.9 Å². The van der Waals surface area contributed by atoms with Crippen LogP contribution in [0.4, 0.5) is 5.82 Å². The highest BCUT2D eigenvalue weighted by Crippen LogP contribution is 2.35. The standard InChI is InChI=1S/C23H27N3/c1-15-12-16(2)14-19(13-15)22-20-9-5-6-11-24-23(20)26(25-22)21-10-7-8-17(3)18(21)4/h7-8,10,12-14,24H,5-6,9,11H2,1-4H3. The minimum Gasteiger partial charge on any atom is -0.370 e. The SMILES string of the molecule is Cc1cc(C)cc(-c2nn(-c3cccc(C)c3C)c3c2CCCCN3)c1. The van der Waals surface area contributed by atoms with Gasteiger partial charge in [0.05, 0.1) is 11.4 Å². The second-order valence-electron chi connectivity index (χ2n) is 7.57. The van der Waals surface area contributed by atoms with Crippen LogP contribution < -0.4 is 5.32 Å². The predicted octanol–water partition coefficient (Wildman–Crippen LogP) is 5.52. The van der Waals surface area contributed by atoms with E-state index < -0.39 is 0 Å². The van der Waals surface area contributed by atoms with E-state index in [9.17, 15) is 0 Å². The Balaban J connectivity index is 1.96. The van der Waals surface area contributed by atoms with Crippen LogP contribution in [0.25, 0.3) is 16.9 Å². The van der Waals surface area contributed by atoms with Crippen molar-refractivity contribution in [2.45, 2.75) is 47.0 Å². The van der Waals surface area contributed by atoms with Crippen molar-refractivity contribution in [1.82, 2.24) is 9.78 Å². The van der Waals surface area contributed by atoms with Crippen molar-refractivity contribution >= 4 is 5.82 Å². The molecule has 2 heterocycles. The molecule has 0 amide bonds. The summed E-state index contributed by atoms with van der Waals surface area (Å²) < 4.78 is 2.13. The van der Waals surface area contributed by atoms with Gasteiger partial charge >= 0.3 is 0 Å². The molecule has 0 atom stereocenters. The van der Waals surface area contributed by atoms with Crippen LogP contribution in [0.5, 0.6) is 0 Å². The number of hydrogen-bond donors (Lipinski definition) is 1. The zero-order valence-electron chi connectivity index (χ0n) is 16.2. The third-order valence-corrected chi connectivity index (χ3v) is 5.43. The summed E-state index contributed by atoms with van der Waals surface area (Å²) in [6.45, 7) is 9.69. The predicted molar refractivity (Wildman–Crippen MR) is 109 cm³/mol. The van der Waals surface area contributed by atoms with Gasteiger partial charge in [0.25, 0.3) is 0 Å². The Morgan fingerprint density at radius 1 is 0.962 bits per heavy atom. The van der Waals surface area contributed by atoms with E-state index in [2.05, 4.69) is 74.1 Å². The molecule has 1 aromatic heterocycles. The molecule has 3 nitrogen and oxygen atoms in total. The van der Waals surface area contributed by atoms with Crippen LogP contribution in [0.3, 0.4) is 0 Å². The van der Waals surface area contributed by atoms with Crippen molar-refractivity contribution in [2.75, 3.05) is 11.9 Å². The summed E-state index contributed by atoms with van der Waals surface area (Å²) >= 11 is 0. The molecule has 0 radical (unpaired) electrons. The number of nitrogens with one attached hydrogen (secondary N) is 1. The van der Waals surface area contributed by atoms with Gasteiger partial charge in [0, 0.05) is 17.7 Å². The molecule has 3 aromatic rings. The molecule has 0 saturated heterocycles. The van der Waals surface area contributed by atoms with E-state index >= 15 is 0 Å². The van der Waals surface area contributed by atoms with E-state index in [-0.39, 0.29) is 0 Å². The molecule has 1 N–H and O–H groups in total. The maximum atomic E-state index is 5.11. The van der Waals surface area contributed by atoms with Gasteiger partial charge in [-0.15, -0.1) is 0 Å². The molecule has 3 heteroatoms. The van der Waals surface area contributed by atoms with Gasteiger partial charge in [-0.1, -0.05) is 29.3 Å². The highest BCUT2D eigenvalue weighted by molar-refractivity contribution is 5.72. The van der Waals surface area contributed by atoms with Gasteiger partial charge < -0.3 is 5.32 Å². The highest BCUT2D eigenvalue weighted by atomic mass is 15.3. The zero-order chi connectivity index (χ0) is 18.3. The number of nitrogens with zero attached hydrogens (tertiary/aromatic N) is 2. The number of aromatic nitrogens is 2. The van der Waals surface area contributed by atoms with Crippen molar-refractivity contribution in [3.8, 4) is 16.9 Å². The fraction of sp³-hybridized carbons (Fsp3) is 0.348. The third kappa shape index (κ3) is 2.92. The van der Waals surface area contributed by atoms with Crippen LogP contribution in [0, 0.1) is 27.7 Å². The van der Waals surface area contributed by atoms with Gasteiger partial charge in [0.2, 0.25) is 0 Å². The summed E-state index contributed by atoms with van der Waals surface area (Å²) in [5.74, 6) is 1.17. The van der Waals surface area contributed by atoms with E-state index in [1.807, 2.05) is 0 Å². The van der Waals surface area contributed by atoms with Gasteiger partial charge in [0.1, 0.15) is 5.82 Å². The average Bonchev–Trinajstić information content (AvgIpc) is 2.78. The molecule has 134 valence electrons. The van der Waals surface area contributed by atoms with Crippen molar-refractivity contribution in [1.29, 1.82) is 0 Å². The fourth-order valence-electron chi connectivity index (χ4n) is 3.99. The number of benzene rings is 2. The van der Waals surface area contributed by atoms with Crippen LogP contribution in [-0.2, 0) is 6.42 Å². The second-order valence-corrected chi connectivity index (χ2v) is 7.57. The van der Waals surface area contributed by atoms with Gasteiger partial charge in [0.15, 0.2) is 0 Å². The molecule has 0 fully saturated rings. The summed E-state index contributed by atoms with van der Waals surface area (Å²) in [6.07, 6.45) is 3.49. The molecule has 1 aliphatic rings. The van der Waals surface area contributed by atoms with Crippen LogP contribution >= 0.6 is 0 Å². The lowest BCUT2D eigenvalue weighted by Crippen LogP contribution is -2.08. The lowest BCUT2D eigenvalue weighted by Gasteiger charge is -2.13. The molecule has 0 spiro atoms. The molecular weight excluding hydrogens is 318 g/mol. The molecule has 0 bridgehead atoms. The maximum Gasteiger partial charge on any atom is 0.133 e. The first-order valence-corrected chi connectivity index (χ1v) is 9.55. The van der Waals surface area contributed by atoms with E-state index in [4.69, 9.17) is 5.10 Å². The lowest BCUT2D eigenvalue weighted by molar-refractivity contribution is 0.779. The number of hydrogen-bond acceptors (Lipinski definition) is 2. The molecule has 4 rings (SSSR count). The van der Waals surface area contributed by atoms with Crippen molar-refractivity contribution in [3.05, 3.63) is 64.2 Å². The number of anilines is 1. The summed E-state index contributed by atoms with van der Waals surface area (Å²) in [7, 11) is 0. The third-order valence-electron chi connectivity index (χ3n) is 5.43. The molecule has 0 aliphatic carbocycles. The van der Waals surface area contributed by atoms with Gasteiger partial charge in [-0.3, -0.25) is 0 Å². The smallest absolute Gasteiger partial charge is 0.133 e. The quantitative estimate of drug-likeness (QED) is 0.662. The fourth-order valence-corrected chi connectivity index (χ4v) is 3.99. The van der Waals surface area contributed by atoms with Crippen molar-refractivity contribution < 1.29 is 0 Å². The normalized spacial score (nSPS) is 13.8. The first kappa shape index (κ1) is 16.9. The lowest BCUT2D eigenvalue weighted by atomic mass is 10.00. The molecule has 0 saturated carbocycles. The van der Waals surface area contributed by atoms with E-state index in [0.29, 0.717) is 0 Å². The van der Waals surface area contributed by atoms with Crippen LogP contribution in [0.1, 0.15) is 40.7 Å². The van der Waals surface area contributed by atoms with E-state index in [1.165, 1.54) is 57.7 Å². The van der Waals surface area contributed by atoms with Gasteiger partial charge in [-0.05, 0) is 76.3 Å². The molecule has 0 unspecified atom stereocenters. The number of fused-ring (bicyclic) bond motifs is 1. The molecular formula is C23H27N3. The van der Waals surface area contributed by atoms with Crippen LogP contribution in [0.2, 0.25) is 0 Å². The Bertz CT molecular complexity index is 946. The van der Waals surface area contributed by atoms with E-state index in [0.717, 1.165) is 18.7 Å². The number of rotatable bonds is 2. The largest absolute Gasteiger partial charge is 0.370 e. The Morgan fingerprint density at radius 2 is 1.73 bits per heavy atom. The summed E-state index contributed by atoms with van der Waals surface area (Å²) in [5.41, 5.74) is 10.0. The van der Waals surface area contributed by atoms with Crippen molar-refractivity contribution in [3.63, 3.8) is 0 Å². The van der Waals surface area contributed by atoms with Gasteiger partial charge in [-0.25, -0.2) is 4.68 Å². The maximum absolute atomic E-state index is 5.11. The van der Waals surface area contributed by atoms with Gasteiger partial charge in [-0.2, -0.15) is 5.10 Å². The summed E-state index contributed by atoms with van der Waals surface area (Å²) in [6, 6.07) is 13.2. The van der Waals surface area contributed by atoms with E-state index in [1.54, 1.807) is 0 Å². The zero-order valence-corrected chi connectivity index (χ0v) is 16.2. The second kappa shape index (κ2) is 6.64. The Kier molecular flexibility index (Phi) is 4.31. The molecule has 2 aromatic carbocycles. The summed E-state index contributed by atoms with van der Waals surface area (Å²) in [4.78, 5) is 0.